The van der Waals surface area contributed by atoms with Gasteiger partial charge in [-0.1, -0.05) is 23.3 Å². The van der Waals surface area contributed by atoms with Crippen LogP contribution in [0.1, 0.15) is 5.56 Å². The average molecular weight is 437 g/mol. The summed E-state index contributed by atoms with van der Waals surface area (Å²) >= 11 is 0. The summed E-state index contributed by atoms with van der Waals surface area (Å²) in [5, 5.41) is 7.56. The van der Waals surface area contributed by atoms with Gasteiger partial charge >= 0.3 is 21.5 Å². The van der Waals surface area contributed by atoms with Crippen molar-refractivity contribution in [1.29, 1.82) is 0 Å². The maximum Gasteiger partial charge on any atom is 0.516 e. The summed E-state index contributed by atoms with van der Waals surface area (Å²) in [4.78, 5) is 5.63. The number of nitrogens with zero attached hydrogens (tertiary/aromatic N) is 4. The van der Waals surface area contributed by atoms with Crippen molar-refractivity contribution in [3.63, 3.8) is 0 Å². The van der Waals surface area contributed by atoms with E-state index in [1.165, 1.54) is 24.6 Å². The van der Waals surface area contributed by atoms with E-state index in [0.29, 0.717) is 18.7 Å². The number of alkyl halides is 3. The molecule has 0 aliphatic carbocycles. The fourth-order valence-corrected chi connectivity index (χ4v) is 3.60. The van der Waals surface area contributed by atoms with Gasteiger partial charge in [0.1, 0.15) is 12.0 Å². The third kappa shape index (κ3) is 3.85. The molecule has 1 aliphatic heterocycles. The first kappa shape index (κ1) is 19.9. The SMILES string of the molecule is O=S(=O)(Nc1cc2c(cc1N=Nc1ncco1)CCN2c1ccccc1)C(F)(F)F. The number of para-hydroxylation sites is 1. The standard InChI is InChI=1S/C18H14F3N5O3S/c19-18(20,21)30(27,28)25-15-11-16-12(6-8-26(16)13-4-2-1-3-5-13)10-14(15)23-24-17-22-7-9-29-17/h1-5,7,9-11,25H,6,8H2. The molecule has 0 atom stereocenters. The molecule has 0 bridgehead atoms. The molecule has 4 rings (SSSR count). The van der Waals surface area contributed by atoms with Gasteiger partial charge in [-0.05, 0) is 36.2 Å². The highest BCUT2D eigenvalue weighted by molar-refractivity contribution is 7.93. The highest BCUT2D eigenvalue weighted by Gasteiger charge is 2.46. The minimum absolute atomic E-state index is 0.0883. The van der Waals surface area contributed by atoms with E-state index in [0.717, 1.165) is 11.3 Å². The summed E-state index contributed by atoms with van der Waals surface area (Å²) in [6.07, 6.45) is 3.17. The predicted molar refractivity (Wildman–Crippen MR) is 103 cm³/mol. The molecule has 156 valence electrons. The Balaban J connectivity index is 1.79. The van der Waals surface area contributed by atoms with Crippen molar-refractivity contribution in [3.8, 4) is 0 Å². The lowest BCUT2D eigenvalue weighted by Gasteiger charge is -2.21. The fraction of sp³-hybridized carbons (Fsp3) is 0.167. The van der Waals surface area contributed by atoms with Gasteiger partial charge in [0, 0.05) is 17.9 Å². The number of halogens is 3. The Morgan fingerprint density at radius 1 is 1.13 bits per heavy atom. The van der Waals surface area contributed by atoms with Gasteiger partial charge < -0.3 is 9.32 Å². The monoisotopic (exact) mass is 437 g/mol. The van der Waals surface area contributed by atoms with Gasteiger partial charge in [-0.15, -0.1) is 5.11 Å². The molecular formula is C18H14F3N5O3S. The molecule has 2 aromatic carbocycles. The second-order valence-corrected chi connectivity index (χ2v) is 7.98. The number of benzene rings is 2. The number of anilines is 3. The summed E-state index contributed by atoms with van der Waals surface area (Å²) < 4.78 is 68.7. The van der Waals surface area contributed by atoms with Crippen molar-refractivity contribution >= 4 is 38.8 Å². The number of azo groups is 1. The van der Waals surface area contributed by atoms with Crippen LogP contribution in [-0.2, 0) is 16.4 Å². The number of nitrogens with one attached hydrogen (secondary N) is 1. The van der Waals surface area contributed by atoms with E-state index in [1.807, 2.05) is 35.2 Å². The summed E-state index contributed by atoms with van der Waals surface area (Å²) in [6, 6.07) is 11.9. The highest BCUT2D eigenvalue weighted by atomic mass is 32.2. The van der Waals surface area contributed by atoms with Gasteiger partial charge in [0.05, 0.1) is 11.9 Å². The maximum absolute atomic E-state index is 12.9. The molecule has 12 heteroatoms. The Kier molecular flexibility index (Phi) is 4.94. The van der Waals surface area contributed by atoms with E-state index < -0.39 is 15.5 Å². The second kappa shape index (κ2) is 7.44. The molecule has 0 saturated heterocycles. The largest absolute Gasteiger partial charge is 0.516 e. The molecule has 30 heavy (non-hydrogen) atoms. The second-order valence-electron chi connectivity index (χ2n) is 6.30. The zero-order valence-electron chi connectivity index (χ0n) is 15.2. The van der Waals surface area contributed by atoms with Crippen LogP contribution in [0.25, 0.3) is 0 Å². The third-order valence-electron chi connectivity index (χ3n) is 4.37. The number of hydrogen-bond acceptors (Lipinski definition) is 7. The number of rotatable bonds is 5. The predicted octanol–water partition coefficient (Wildman–Crippen LogP) is 5.05. The van der Waals surface area contributed by atoms with Gasteiger partial charge in [-0.2, -0.15) is 26.6 Å². The fourth-order valence-electron chi connectivity index (χ4n) is 3.03. The topological polar surface area (TPSA) is 100 Å². The first-order valence-electron chi connectivity index (χ1n) is 8.64. The maximum atomic E-state index is 12.9. The van der Waals surface area contributed by atoms with Crippen molar-refractivity contribution in [3.05, 3.63) is 60.5 Å². The van der Waals surface area contributed by atoms with Crippen LogP contribution >= 0.6 is 0 Å². The van der Waals surface area contributed by atoms with Crippen LogP contribution in [0.5, 0.6) is 0 Å². The van der Waals surface area contributed by atoms with E-state index in [1.54, 1.807) is 4.72 Å². The zero-order valence-corrected chi connectivity index (χ0v) is 16.0. The smallest absolute Gasteiger partial charge is 0.430 e. The van der Waals surface area contributed by atoms with Crippen molar-refractivity contribution in [2.75, 3.05) is 16.2 Å². The highest BCUT2D eigenvalue weighted by Crippen LogP contribution is 2.42. The molecule has 1 aliphatic rings. The van der Waals surface area contributed by atoms with Crippen LogP contribution in [-0.4, -0.2) is 25.5 Å². The van der Waals surface area contributed by atoms with Gasteiger partial charge in [-0.3, -0.25) is 4.72 Å². The molecule has 1 aromatic heterocycles. The van der Waals surface area contributed by atoms with Crippen molar-refractivity contribution < 1.29 is 26.0 Å². The molecule has 0 radical (unpaired) electrons. The molecule has 1 N–H and O–H groups in total. The van der Waals surface area contributed by atoms with Gasteiger partial charge in [0.15, 0.2) is 0 Å². The Hall–Kier alpha value is -3.41. The Bertz CT molecular complexity index is 1180. The van der Waals surface area contributed by atoms with Crippen molar-refractivity contribution in [2.45, 2.75) is 11.9 Å². The summed E-state index contributed by atoms with van der Waals surface area (Å²) in [5.74, 6) is 0. The average Bonchev–Trinajstić information content (AvgIpc) is 3.35. The molecular weight excluding hydrogens is 423 g/mol. The molecule has 0 amide bonds. The first-order chi connectivity index (χ1) is 14.2. The summed E-state index contributed by atoms with van der Waals surface area (Å²) in [7, 11) is -5.65. The molecule has 0 unspecified atom stereocenters. The normalized spacial score (nSPS) is 14.3. The number of hydrogen-bond donors (Lipinski definition) is 1. The summed E-state index contributed by atoms with van der Waals surface area (Å²) in [5.41, 5.74) is -3.73. The van der Waals surface area contributed by atoms with Gasteiger partial charge in [0.2, 0.25) is 0 Å². The van der Waals surface area contributed by atoms with Gasteiger partial charge in [-0.25, -0.2) is 0 Å². The quantitative estimate of drug-likeness (QED) is 0.564. The molecule has 0 fully saturated rings. The van der Waals surface area contributed by atoms with E-state index >= 15 is 0 Å². The molecule has 3 aromatic rings. The molecule has 2 heterocycles. The zero-order chi connectivity index (χ0) is 21.4. The van der Waals surface area contributed by atoms with Crippen molar-refractivity contribution in [2.24, 2.45) is 10.2 Å². The lowest BCUT2D eigenvalue weighted by molar-refractivity contribution is -0.0429. The third-order valence-corrected chi connectivity index (χ3v) is 5.47. The summed E-state index contributed by atoms with van der Waals surface area (Å²) in [6.45, 7) is 0.575. The minimum Gasteiger partial charge on any atom is -0.430 e. The van der Waals surface area contributed by atoms with Gasteiger partial charge in [0.25, 0.3) is 0 Å². The molecule has 0 spiro atoms. The van der Waals surface area contributed by atoms with E-state index in [4.69, 9.17) is 4.42 Å². The van der Waals surface area contributed by atoms with Crippen LogP contribution in [0.4, 0.5) is 41.9 Å². The number of oxazole rings is 1. The Morgan fingerprint density at radius 3 is 2.57 bits per heavy atom. The number of sulfonamides is 1. The van der Waals surface area contributed by atoms with Crippen molar-refractivity contribution in [1.82, 2.24) is 4.98 Å². The molecule has 0 saturated carbocycles. The lowest BCUT2D eigenvalue weighted by Crippen LogP contribution is -2.30. The Labute approximate surface area is 169 Å². The van der Waals surface area contributed by atoms with E-state index in [9.17, 15) is 21.6 Å². The first-order valence-corrected chi connectivity index (χ1v) is 10.1. The Morgan fingerprint density at radius 2 is 1.90 bits per heavy atom. The van der Waals surface area contributed by atoms with Crippen LogP contribution in [0, 0.1) is 0 Å². The molecule has 8 nitrogen and oxygen atoms in total. The number of aromatic nitrogens is 1. The van der Waals surface area contributed by atoms with E-state index in [-0.39, 0.29) is 17.4 Å². The van der Waals surface area contributed by atoms with E-state index in [2.05, 4.69) is 15.2 Å². The van der Waals surface area contributed by atoms with Crippen LogP contribution in [0.2, 0.25) is 0 Å². The van der Waals surface area contributed by atoms with Crippen LogP contribution in [0.15, 0.2) is 69.6 Å². The minimum atomic E-state index is -5.65. The lowest BCUT2D eigenvalue weighted by atomic mass is 10.1. The van der Waals surface area contributed by atoms with Crippen LogP contribution < -0.4 is 9.62 Å². The number of fused-ring (bicyclic) bond motifs is 1. The van der Waals surface area contributed by atoms with Crippen LogP contribution in [0.3, 0.4) is 0 Å².